The predicted molar refractivity (Wildman–Crippen MR) is 156 cm³/mol. The molecule has 0 aliphatic rings. The van der Waals surface area contributed by atoms with Crippen LogP contribution in [0.5, 0.6) is 0 Å². The van der Waals surface area contributed by atoms with Crippen LogP contribution >= 0.6 is 0 Å². The monoisotopic (exact) mass is 585 g/mol. The van der Waals surface area contributed by atoms with Crippen LogP contribution in [0.2, 0.25) is 0 Å². The highest BCUT2D eigenvalue weighted by Gasteiger charge is 2.34. The van der Waals surface area contributed by atoms with Gasteiger partial charge in [-0.2, -0.15) is 0 Å². The fourth-order valence-electron chi connectivity index (χ4n) is 4.28. The Morgan fingerprint density at radius 1 is 0.738 bits per heavy atom. The van der Waals surface area contributed by atoms with Crippen molar-refractivity contribution in [2.75, 3.05) is 0 Å². The van der Waals surface area contributed by atoms with Crippen LogP contribution in [0.4, 0.5) is 4.79 Å². The van der Waals surface area contributed by atoms with E-state index >= 15 is 0 Å². The average Bonchev–Trinajstić information content (AvgIpc) is 2.90. The number of carboxylic acids is 1. The molecule has 2 rings (SSSR count). The van der Waals surface area contributed by atoms with Crippen LogP contribution in [0.1, 0.15) is 52.2 Å². The molecule has 3 amide bonds. The zero-order valence-electron chi connectivity index (χ0n) is 24.7. The number of hydrogen-bond donors (Lipinski definition) is 6. The van der Waals surface area contributed by atoms with Crippen molar-refractivity contribution in [2.45, 2.75) is 89.8 Å². The number of amides is 3. The number of benzene rings is 2. The molecule has 11 nitrogen and oxygen atoms in total. The molecule has 2 aromatic carbocycles. The van der Waals surface area contributed by atoms with Crippen LogP contribution < -0.4 is 16.0 Å². The molecule has 0 aromatic heterocycles. The summed E-state index contributed by atoms with van der Waals surface area (Å²) in [6.07, 6.45) is -4.19. The third-order valence-electron chi connectivity index (χ3n) is 6.25. The summed E-state index contributed by atoms with van der Waals surface area (Å²) in [7, 11) is 0. The van der Waals surface area contributed by atoms with Crippen molar-refractivity contribution in [3.63, 3.8) is 0 Å². The Hall–Kier alpha value is -3.96. The van der Waals surface area contributed by atoms with Crippen molar-refractivity contribution in [3.8, 4) is 0 Å². The van der Waals surface area contributed by atoms with E-state index in [4.69, 9.17) is 4.74 Å². The number of aliphatic hydroxyl groups excluding tert-OH is 2. The molecule has 0 fully saturated rings. The maximum absolute atomic E-state index is 13.4. The van der Waals surface area contributed by atoms with Crippen LogP contribution in [0, 0.1) is 5.92 Å². The van der Waals surface area contributed by atoms with Crippen molar-refractivity contribution in [3.05, 3.63) is 71.8 Å². The summed E-state index contributed by atoms with van der Waals surface area (Å²) in [4.78, 5) is 50.8. The van der Waals surface area contributed by atoms with E-state index in [-0.39, 0.29) is 25.2 Å². The molecule has 0 bridgehead atoms. The third kappa shape index (κ3) is 11.9. The van der Waals surface area contributed by atoms with E-state index in [1.54, 1.807) is 75.4 Å². The van der Waals surface area contributed by atoms with Gasteiger partial charge in [0.05, 0.1) is 12.1 Å². The number of alkyl carbamates (subject to hydrolysis) is 1. The first-order valence-electron chi connectivity index (χ1n) is 13.9. The molecule has 0 saturated heterocycles. The number of aliphatic hydroxyl groups is 2. The highest BCUT2D eigenvalue weighted by molar-refractivity contribution is 5.90. The molecule has 2 aromatic rings. The van der Waals surface area contributed by atoms with E-state index in [0.29, 0.717) is 5.56 Å². The lowest BCUT2D eigenvalue weighted by atomic mass is 9.97. The summed E-state index contributed by atoms with van der Waals surface area (Å²) in [6, 6.07) is 14.3. The van der Waals surface area contributed by atoms with Gasteiger partial charge >= 0.3 is 12.1 Å². The molecular weight excluding hydrogens is 542 g/mol. The van der Waals surface area contributed by atoms with Crippen LogP contribution in [-0.2, 0) is 32.0 Å². The van der Waals surface area contributed by atoms with E-state index in [1.807, 2.05) is 19.9 Å². The van der Waals surface area contributed by atoms with Gasteiger partial charge < -0.3 is 36.0 Å². The molecule has 0 saturated carbocycles. The Morgan fingerprint density at radius 2 is 1.21 bits per heavy atom. The first kappa shape index (κ1) is 34.2. The van der Waals surface area contributed by atoms with Gasteiger partial charge in [-0.1, -0.05) is 74.5 Å². The average molecular weight is 586 g/mol. The van der Waals surface area contributed by atoms with E-state index in [2.05, 4.69) is 16.0 Å². The van der Waals surface area contributed by atoms with Crippen LogP contribution in [-0.4, -0.2) is 75.1 Å². The Labute approximate surface area is 246 Å². The molecule has 0 spiro atoms. The quantitative estimate of drug-likeness (QED) is 0.196. The molecule has 5 atom stereocenters. The van der Waals surface area contributed by atoms with Gasteiger partial charge in [-0.05, 0) is 57.1 Å². The molecule has 0 unspecified atom stereocenters. The number of nitrogens with one attached hydrogen (secondary N) is 3. The minimum absolute atomic E-state index is 0.0317. The Morgan fingerprint density at radius 3 is 1.64 bits per heavy atom. The molecule has 42 heavy (non-hydrogen) atoms. The lowest BCUT2D eigenvalue weighted by molar-refractivity contribution is -0.149. The molecule has 0 heterocycles. The normalized spacial score (nSPS) is 15.0. The standard InChI is InChI=1S/C31H43N3O8/c1-19(2)16-24(27(37)32-23(26(36)29(39)40)18-21-14-10-7-11-15-21)33-28(38)25(35)22(17-20-12-8-6-9-13-20)34-30(41)42-31(3,4)5/h6-15,19,22-26,35-36H,16-18H2,1-5H3,(H,32,37)(H,33,38)(H,34,41)(H,39,40)/t22-,23-,24+,25+,26+/m1/s1. The van der Waals surface area contributed by atoms with Crippen LogP contribution in [0.25, 0.3) is 0 Å². The minimum Gasteiger partial charge on any atom is -0.479 e. The summed E-state index contributed by atoms with van der Waals surface area (Å²) < 4.78 is 5.31. The SMILES string of the molecule is CC(C)C[C@H](NC(=O)[C@@H](O)[C@@H](Cc1ccccc1)NC(=O)OC(C)(C)C)C(=O)N[C@H](Cc1ccccc1)[C@H](O)C(=O)O. The lowest BCUT2D eigenvalue weighted by Crippen LogP contribution is -2.58. The van der Waals surface area contributed by atoms with Crippen molar-refractivity contribution in [1.29, 1.82) is 0 Å². The topological polar surface area (TPSA) is 174 Å². The van der Waals surface area contributed by atoms with E-state index in [1.165, 1.54) is 0 Å². The van der Waals surface area contributed by atoms with Crippen molar-refractivity contribution in [2.24, 2.45) is 5.92 Å². The summed E-state index contributed by atoms with van der Waals surface area (Å²) in [5.74, 6) is -3.21. The third-order valence-corrected chi connectivity index (χ3v) is 6.25. The van der Waals surface area contributed by atoms with Gasteiger partial charge in [0, 0.05) is 0 Å². The van der Waals surface area contributed by atoms with E-state index in [9.17, 15) is 34.5 Å². The highest BCUT2D eigenvalue weighted by atomic mass is 16.6. The fourth-order valence-corrected chi connectivity index (χ4v) is 4.28. The summed E-state index contributed by atoms with van der Waals surface area (Å²) in [5, 5.41) is 38.5. The number of rotatable bonds is 14. The first-order valence-corrected chi connectivity index (χ1v) is 13.9. The number of aliphatic carboxylic acids is 1. The molecule has 230 valence electrons. The minimum atomic E-state index is -1.90. The second-order valence-electron chi connectivity index (χ2n) is 11.7. The van der Waals surface area contributed by atoms with Gasteiger partial charge in [0.1, 0.15) is 11.6 Å². The second-order valence-corrected chi connectivity index (χ2v) is 11.7. The van der Waals surface area contributed by atoms with Crippen molar-refractivity contribution < 1.29 is 39.2 Å². The first-order chi connectivity index (χ1) is 19.7. The Kier molecular flexibility index (Phi) is 12.9. The number of carbonyl (C=O) groups excluding carboxylic acids is 3. The smallest absolute Gasteiger partial charge is 0.407 e. The summed E-state index contributed by atoms with van der Waals surface area (Å²) >= 11 is 0. The highest BCUT2D eigenvalue weighted by Crippen LogP contribution is 2.13. The molecule has 6 N–H and O–H groups in total. The maximum atomic E-state index is 13.4. The van der Waals surface area contributed by atoms with Gasteiger partial charge in [-0.15, -0.1) is 0 Å². The molecule has 0 radical (unpaired) electrons. The zero-order valence-corrected chi connectivity index (χ0v) is 24.7. The van der Waals surface area contributed by atoms with E-state index in [0.717, 1.165) is 5.56 Å². The lowest BCUT2D eigenvalue weighted by Gasteiger charge is -2.29. The Bertz CT molecular complexity index is 1170. The second kappa shape index (κ2) is 15.9. The maximum Gasteiger partial charge on any atom is 0.407 e. The van der Waals surface area contributed by atoms with Gasteiger partial charge in [0.15, 0.2) is 12.2 Å². The molecule has 0 aliphatic carbocycles. The Balaban J connectivity index is 2.24. The van der Waals surface area contributed by atoms with Crippen molar-refractivity contribution in [1.82, 2.24) is 16.0 Å². The molecule has 0 aliphatic heterocycles. The molecule has 11 heteroatoms. The number of carboxylic acid groups (broad SMARTS) is 1. The largest absolute Gasteiger partial charge is 0.479 e. The zero-order chi connectivity index (χ0) is 31.4. The van der Waals surface area contributed by atoms with Crippen LogP contribution in [0.3, 0.4) is 0 Å². The van der Waals surface area contributed by atoms with E-state index < -0.39 is 59.8 Å². The molecular formula is C31H43N3O8. The number of ether oxygens (including phenoxy) is 1. The van der Waals surface area contributed by atoms with Gasteiger partial charge in [-0.3, -0.25) is 9.59 Å². The van der Waals surface area contributed by atoms with Crippen LogP contribution in [0.15, 0.2) is 60.7 Å². The number of carbonyl (C=O) groups is 4. The van der Waals surface area contributed by atoms with Gasteiger partial charge in [0.25, 0.3) is 5.91 Å². The predicted octanol–water partition coefficient (Wildman–Crippen LogP) is 2.19. The van der Waals surface area contributed by atoms with Crippen molar-refractivity contribution >= 4 is 23.9 Å². The fraction of sp³-hybridized carbons (Fsp3) is 0.484. The van der Waals surface area contributed by atoms with Gasteiger partial charge in [-0.25, -0.2) is 9.59 Å². The summed E-state index contributed by atoms with van der Waals surface area (Å²) in [5.41, 5.74) is 0.625. The summed E-state index contributed by atoms with van der Waals surface area (Å²) in [6.45, 7) is 8.72. The number of hydrogen-bond acceptors (Lipinski definition) is 7. The van der Waals surface area contributed by atoms with Gasteiger partial charge in [0.2, 0.25) is 5.91 Å².